The van der Waals surface area contributed by atoms with E-state index in [0.717, 1.165) is 35.4 Å². The van der Waals surface area contributed by atoms with Crippen LogP contribution in [0.25, 0.3) is 0 Å². The standard InChI is InChI=1S/C18H22N2O2/c1-11-4-9-16(22-3)15(10-11)17(19)14-8-5-12(2)20(18(14)21)13-6-7-13/h4-5,8-10,13,17H,6-7,19H2,1-3H3. The second-order valence-electron chi connectivity index (χ2n) is 6.06. The Kier molecular flexibility index (Phi) is 3.79. The topological polar surface area (TPSA) is 57.2 Å². The molecule has 0 aliphatic heterocycles. The number of hydrogen-bond donors (Lipinski definition) is 1. The molecule has 0 bridgehead atoms. The molecule has 22 heavy (non-hydrogen) atoms. The number of ether oxygens (including phenoxy) is 1. The van der Waals surface area contributed by atoms with E-state index in [1.54, 1.807) is 7.11 Å². The van der Waals surface area contributed by atoms with E-state index in [9.17, 15) is 4.79 Å². The summed E-state index contributed by atoms with van der Waals surface area (Å²) in [7, 11) is 1.62. The van der Waals surface area contributed by atoms with Crippen molar-refractivity contribution in [3.63, 3.8) is 0 Å². The number of nitrogens with zero attached hydrogens (tertiary/aromatic N) is 1. The highest BCUT2D eigenvalue weighted by atomic mass is 16.5. The summed E-state index contributed by atoms with van der Waals surface area (Å²) in [6.45, 7) is 3.98. The molecule has 4 nitrogen and oxygen atoms in total. The number of methoxy groups -OCH3 is 1. The fourth-order valence-electron chi connectivity index (χ4n) is 2.95. The van der Waals surface area contributed by atoms with Crippen LogP contribution >= 0.6 is 0 Å². The van der Waals surface area contributed by atoms with Crippen LogP contribution in [0.3, 0.4) is 0 Å². The van der Waals surface area contributed by atoms with Crippen LogP contribution in [-0.4, -0.2) is 11.7 Å². The van der Waals surface area contributed by atoms with E-state index >= 15 is 0 Å². The van der Waals surface area contributed by atoms with Gasteiger partial charge in [-0.05, 0) is 44.9 Å². The number of aromatic nitrogens is 1. The van der Waals surface area contributed by atoms with Crippen molar-refractivity contribution in [3.8, 4) is 5.75 Å². The SMILES string of the molecule is COc1ccc(C)cc1C(N)c1ccc(C)n(C2CC2)c1=O. The number of rotatable bonds is 4. The highest BCUT2D eigenvalue weighted by Crippen LogP contribution is 2.35. The van der Waals surface area contributed by atoms with Crippen LogP contribution in [0.15, 0.2) is 35.1 Å². The maximum atomic E-state index is 12.8. The van der Waals surface area contributed by atoms with Gasteiger partial charge in [-0.25, -0.2) is 0 Å². The van der Waals surface area contributed by atoms with E-state index < -0.39 is 6.04 Å². The lowest BCUT2D eigenvalue weighted by Crippen LogP contribution is -2.29. The largest absolute Gasteiger partial charge is 0.496 e. The van der Waals surface area contributed by atoms with Gasteiger partial charge in [0.15, 0.2) is 0 Å². The summed E-state index contributed by atoms with van der Waals surface area (Å²) < 4.78 is 7.29. The quantitative estimate of drug-likeness (QED) is 0.944. The van der Waals surface area contributed by atoms with E-state index in [4.69, 9.17) is 10.5 Å². The molecular formula is C18H22N2O2. The maximum absolute atomic E-state index is 12.8. The molecule has 0 saturated heterocycles. The van der Waals surface area contributed by atoms with Crippen LogP contribution in [0.4, 0.5) is 0 Å². The van der Waals surface area contributed by atoms with Crippen molar-refractivity contribution in [1.29, 1.82) is 0 Å². The summed E-state index contributed by atoms with van der Waals surface area (Å²) in [4.78, 5) is 12.8. The second kappa shape index (κ2) is 5.61. The molecule has 1 aromatic heterocycles. The van der Waals surface area contributed by atoms with E-state index in [-0.39, 0.29) is 5.56 Å². The molecule has 0 radical (unpaired) electrons. The van der Waals surface area contributed by atoms with Gasteiger partial charge in [-0.3, -0.25) is 4.79 Å². The molecule has 3 rings (SSSR count). The van der Waals surface area contributed by atoms with Crippen molar-refractivity contribution in [3.05, 3.63) is 63.1 Å². The van der Waals surface area contributed by atoms with Gasteiger partial charge < -0.3 is 15.0 Å². The van der Waals surface area contributed by atoms with Crippen LogP contribution in [0.2, 0.25) is 0 Å². The third-order valence-electron chi connectivity index (χ3n) is 4.32. The Hall–Kier alpha value is -2.07. The van der Waals surface area contributed by atoms with Gasteiger partial charge in [-0.2, -0.15) is 0 Å². The zero-order valence-electron chi connectivity index (χ0n) is 13.3. The molecule has 1 aromatic carbocycles. The summed E-state index contributed by atoms with van der Waals surface area (Å²) in [6.07, 6.45) is 2.15. The maximum Gasteiger partial charge on any atom is 0.256 e. The molecule has 1 unspecified atom stereocenters. The number of pyridine rings is 1. The van der Waals surface area contributed by atoms with E-state index in [1.165, 1.54) is 0 Å². The first kappa shape index (κ1) is 14.9. The Bertz CT molecular complexity index is 760. The van der Waals surface area contributed by atoms with Gasteiger partial charge >= 0.3 is 0 Å². The first-order valence-corrected chi connectivity index (χ1v) is 7.65. The van der Waals surface area contributed by atoms with Crippen molar-refractivity contribution < 1.29 is 4.74 Å². The van der Waals surface area contributed by atoms with E-state index in [0.29, 0.717) is 11.6 Å². The highest BCUT2D eigenvalue weighted by molar-refractivity contribution is 5.43. The molecule has 1 atom stereocenters. The lowest BCUT2D eigenvalue weighted by atomic mass is 9.97. The summed E-state index contributed by atoms with van der Waals surface area (Å²) in [5.74, 6) is 0.719. The van der Waals surface area contributed by atoms with E-state index in [1.807, 2.05) is 48.7 Å². The Balaban J connectivity index is 2.10. The number of aryl methyl sites for hydroxylation is 2. The van der Waals surface area contributed by atoms with Gasteiger partial charge in [0, 0.05) is 22.9 Å². The Morgan fingerprint density at radius 1 is 1.18 bits per heavy atom. The Morgan fingerprint density at radius 3 is 2.55 bits per heavy atom. The average Bonchev–Trinajstić information content (AvgIpc) is 3.31. The fourth-order valence-corrected chi connectivity index (χ4v) is 2.95. The zero-order valence-corrected chi connectivity index (χ0v) is 13.3. The molecular weight excluding hydrogens is 276 g/mol. The number of nitrogens with two attached hydrogens (primary N) is 1. The summed E-state index contributed by atoms with van der Waals surface area (Å²) >= 11 is 0. The fraction of sp³-hybridized carbons (Fsp3) is 0.389. The molecule has 2 aromatic rings. The smallest absolute Gasteiger partial charge is 0.256 e. The van der Waals surface area contributed by atoms with Crippen LogP contribution in [0.1, 0.15) is 47.3 Å². The summed E-state index contributed by atoms with van der Waals surface area (Å²) in [5.41, 5.74) is 10.0. The molecule has 1 heterocycles. The minimum Gasteiger partial charge on any atom is -0.496 e. The first-order chi connectivity index (χ1) is 10.5. The van der Waals surface area contributed by atoms with Gasteiger partial charge in [0.2, 0.25) is 0 Å². The Labute approximate surface area is 130 Å². The van der Waals surface area contributed by atoms with Gasteiger partial charge in [-0.15, -0.1) is 0 Å². The van der Waals surface area contributed by atoms with Crippen LogP contribution in [0.5, 0.6) is 5.75 Å². The first-order valence-electron chi connectivity index (χ1n) is 7.65. The Morgan fingerprint density at radius 2 is 1.91 bits per heavy atom. The van der Waals surface area contributed by atoms with Crippen LogP contribution < -0.4 is 16.0 Å². The minimum absolute atomic E-state index is 0.0264. The lowest BCUT2D eigenvalue weighted by molar-refractivity contribution is 0.407. The summed E-state index contributed by atoms with van der Waals surface area (Å²) in [5, 5.41) is 0. The summed E-state index contributed by atoms with van der Waals surface area (Å²) in [6, 6.07) is 9.57. The predicted molar refractivity (Wildman–Crippen MR) is 87.5 cm³/mol. The predicted octanol–water partition coefficient (Wildman–Crippen LogP) is 2.86. The van der Waals surface area contributed by atoms with Gasteiger partial charge in [0.25, 0.3) is 5.56 Å². The molecule has 1 saturated carbocycles. The molecule has 4 heteroatoms. The van der Waals surface area contributed by atoms with E-state index in [2.05, 4.69) is 0 Å². The third kappa shape index (κ3) is 2.55. The van der Waals surface area contributed by atoms with Gasteiger partial charge in [0.05, 0.1) is 13.2 Å². The normalized spacial score (nSPS) is 15.6. The molecule has 0 spiro atoms. The number of benzene rings is 1. The van der Waals surface area contributed by atoms with Crippen molar-refractivity contribution in [2.45, 2.75) is 38.8 Å². The molecule has 1 aliphatic rings. The van der Waals surface area contributed by atoms with Gasteiger partial charge in [0.1, 0.15) is 5.75 Å². The van der Waals surface area contributed by atoms with Gasteiger partial charge in [-0.1, -0.05) is 17.7 Å². The molecule has 0 amide bonds. The van der Waals surface area contributed by atoms with Crippen LogP contribution in [0, 0.1) is 13.8 Å². The van der Waals surface area contributed by atoms with Crippen LogP contribution in [-0.2, 0) is 0 Å². The minimum atomic E-state index is -0.479. The zero-order chi connectivity index (χ0) is 15.9. The van der Waals surface area contributed by atoms with Crippen molar-refractivity contribution >= 4 is 0 Å². The van der Waals surface area contributed by atoms with Crippen molar-refractivity contribution in [2.75, 3.05) is 7.11 Å². The highest BCUT2D eigenvalue weighted by Gasteiger charge is 2.28. The molecule has 116 valence electrons. The number of hydrogen-bond acceptors (Lipinski definition) is 3. The monoisotopic (exact) mass is 298 g/mol. The van der Waals surface area contributed by atoms with Crippen molar-refractivity contribution in [2.24, 2.45) is 5.73 Å². The molecule has 1 fully saturated rings. The lowest BCUT2D eigenvalue weighted by Gasteiger charge is -2.18. The molecule has 2 N–H and O–H groups in total. The second-order valence-corrected chi connectivity index (χ2v) is 6.06. The third-order valence-corrected chi connectivity index (χ3v) is 4.32. The molecule has 1 aliphatic carbocycles. The average molecular weight is 298 g/mol. The van der Waals surface area contributed by atoms with Crippen molar-refractivity contribution in [1.82, 2.24) is 4.57 Å².